The zero-order chi connectivity index (χ0) is 12.1. The van der Waals surface area contributed by atoms with Gasteiger partial charge in [0.2, 0.25) is 0 Å². The summed E-state index contributed by atoms with van der Waals surface area (Å²) in [4.78, 5) is 11.7. The SMILES string of the molecule is CC1C=CC(CO)C(=O)C=C(O)C(C)CC1. The number of rotatable bonds is 1. The molecule has 0 aromatic rings. The average molecular weight is 224 g/mol. The minimum absolute atomic E-state index is 0.0113. The molecule has 3 atom stereocenters. The average Bonchev–Trinajstić information content (AvgIpc) is 2.25. The summed E-state index contributed by atoms with van der Waals surface area (Å²) in [7, 11) is 0. The molecule has 0 bridgehead atoms. The Hall–Kier alpha value is -1.09. The highest BCUT2D eigenvalue weighted by atomic mass is 16.3. The normalized spacial score (nSPS) is 32.3. The fourth-order valence-electron chi connectivity index (χ4n) is 1.72. The number of ketones is 1. The van der Waals surface area contributed by atoms with Crippen LogP contribution in [0.5, 0.6) is 0 Å². The molecular weight excluding hydrogens is 204 g/mol. The molecular formula is C13H20O3. The van der Waals surface area contributed by atoms with Gasteiger partial charge < -0.3 is 10.2 Å². The predicted octanol–water partition coefficient (Wildman–Crippen LogP) is 2.23. The van der Waals surface area contributed by atoms with E-state index in [1.54, 1.807) is 6.08 Å². The molecule has 0 heterocycles. The third kappa shape index (κ3) is 3.49. The summed E-state index contributed by atoms with van der Waals surface area (Å²) in [5.41, 5.74) is 0. The van der Waals surface area contributed by atoms with Crippen LogP contribution in [0.1, 0.15) is 26.7 Å². The molecule has 0 spiro atoms. The lowest BCUT2D eigenvalue weighted by Crippen LogP contribution is -2.17. The van der Waals surface area contributed by atoms with Crippen LogP contribution in [-0.4, -0.2) is 22.6 Å². The van der Waals surface area contributed by atoms with E-state index in [1.807, 2.05) is 13.0 Å². The Kier molecular flexibility index (Phi) is 4.74. The van der Waals surface area contributed by atoms with Gasteiger partial charge in [-0.25, -0.2) is 0 Å². The molecule has 3 heteroatoms. The molecule has 1 aliphatic carbocycles. The molecule has 2 N–H and O–H groups in total. The van der Waals surface area contributed by atoms with Crippen molar-refractivity contribution in [3.05, 3.63) is 24.0 Å². The van der Waals surface area contributed by atoms with Crippen LogP contribution in [0.3, 0.4) is 0 Å². The van der Waals surface area contributed by atoms with Gasteiger partial charge in [-0.05, 0) is 18.8 Å². The van der Waals surface area contributed by atoms with Crippen LogP contribution in [0.2, 0.25) is 0 Å². The van der Waals surface area contributed by atoms with Crippen molar-refractivity contribution < 1.29 is 15.0 Å². The summed E-state index contributed by atoms with van der Waals surface area (Å²) in [5.74, 6) is -0.231. The number of carbonyl (C=O) groups excluding carboxylic acids is 1. The van der Waals surface area contributed by atoms with E-state index in [0.29, 0.717) is 5.92 Å². The highest BCUT2D eigenvalue weighted by Crippen LogP contribution is 2.21. The molecule has 16 heavy (non-hydrogen) atoms. The molecule has 0 aliphatic heterocycles. The monoisotopic (exact) mass is 224 g/mol. The Morgan fingerprint density at radius 2 is 2.00 bits per heavy atom. The van der Waals surface area contributed by atoms with Crippen molar-refractivity contribution in [2.45, 2.75) is 26.7 Å². The van der Waals surface area contributed by atoms with Crippen molar-refractivity contribution in [2.24, 2.45) is 17.8 Å². The summed E-state index contributed by atoms with van der Waals surface area (Å²) in [6.45, 7) is 3.77. The summed E-state index contributed by atoms with van der Waals surface area (Å²) in [6, 6.07) is 0. The summed E-state index contributed by atoms with van der Waals surface area (Å²) in [5, 5.41) is 18.8. The molecule has 3 unspecified atom stereocenters. The maximum absolute atomic E-state index is 11.7. The van der Waals surface area contributed by atoms with E-state index in [9.17, 15) is 9.90 Å². The van der Waals surface area contributed by atoms with Crippen molar-refractivity contribution in [1.29, 1.82) is 0 Å². The van der Waals surface area contributed by atoms with E-state index in [-0.39, 0.29) is 24.1 Å². The van der Waals surface area contributed by atoms with Crippen LogP contribution in [0.15, 0.2) is 24.0 Å². The molecule has 0 saturated heterocycles. The minimum atomic E-state index is -0.519. The summed E-state index contributed by atoms with van der Waals surface area (Å²) < 4.78 is 0. The Bertz CT molecular complexity index is 304. The van der Waals surface area contributed by atoms with Gasteiger partial charge in [0, 0.05) is 12.0 Å². The van der Waals surface area contributed by atoms with Gasteiger partial charge in [0.1, 0.15) is 0 Å². The van der Waals surface area contributed by atoms with Gasteiger partial charge in [-0.1, -0.05) is 26.0 Å². The molecule has 0 fully saturated rings. The first kappa shape index (κ1) is 13.0. The standard InChI is InChI=1S/C13H20O3/c1-9-3-5-10(2)12(15)7-13(16)11(8-14)6-4-9/h4,6-7,9-11,14-15H,3,5,8H2,1-2H3. The van der Waals surface area contributed by atoms with E-state index in [2.05, 4.69) is 6.92 Å². The van der Waals surface area contributed by atoms with Crippen LogP contribution in [-0.2, 0) is 4.79 Å². The maximum atomic E-state index is 11.7. The second-order valence-corrected chi connectivity index (χ2v) is 4.60. The molecule has 90 valence electrons. The molecule has 0 saturated carbocycles. The number of carbonyl (C=O) groups is 1. The number of aliphatic hydroxyl groups is 2. The molecule has 1 aliphatic rings. The lowest BCUT2D eigenvalue weighted by Gasteiger charge is -2.16. The number of allylic oxidation sites excluding steroid dienone is 3. The van der Waals surface area contributed by atoms with Crippen LogP contribution >= 0.6 is 0 Å². The zero-order valence-electron chi connectivity index (χ0n) is 9.89. The zero-order valence-corrected chi connectivity index (χ0v) is 9.89. The van der Waals surface area contributed by atoms with Gasteiger partial charge in [0.15, 0.2) is 5.78 Å². The van der Waals surface area contributed by atoms with E-state index < -0.39 is 5.92 Å². The molecule has 0 aromatic carbocycles. The third-order valence-corrected chi connectivity index (χ3v) is 3.08. The first-order chi connectivity index (χ1) is 7.54. The van der Waals surface area contributed by atoms with E-state index >= 15 is 0 Å². The van der Waals surface area contributed by atoms with Crippen LogP contribution in [0.4, 0.5) is 0 Å². The van der Waals surface area contributed by atoms with Crippen molar-refractivity contribution in [3.63, 3.8) is 0 Å². The maximum Gasteiger partial charge on any atom is 0.168 e. The summed E-state index contributed by atoms with van der Waals surface area (Å²) in [6.07, 6.45) is 6.81. The van der Waals surface area contributed by atoms with Crippen LogP contribution in [0, 0.1) is 17.8 Å². The highest BCUT2D eigenvalue weighted by Gasteiger charge is 2.17. The Balaban J connectivity index is 2.91. The number of hydrogen-bond acceptors (Lipinski definition) is 3. The topological polar surface area (TPSA) is 57.5 Å². The van der Waals surface area contributed by atoms with Gasteiger partial charge in [-0.15, -0.1) is 0 Å². The predicted molar refractivity (Wildman–Crippen MR) is 63.0 cm³/mol. The van der Waals surface area contributed by atoms with Gasteiger partial charge in [0.25, 0.3) is 0 Å². The molecule has 0 radical (unpaired) electrons. The van der Waals surface area contributed by atoms with Crippen LogP contribution < -0.4 is 0 Å². The highest BCUT2D eigenvalue weighted by molar-refractivity contribution is 5.93. The van der Waals surface area contributed by atoms with E-state index in [4.69, 9.17) is 5.11 Å². The van der Waals surface area contributed by atoms with Crippen molar-refractivity contribution in [3.8, 4) is 0 Å². The number of aliphatic hydroxyl groups excluding tert-OH is 2. The van der Waals surface area contributed by atoms with E-state index in [1.165, 1.54) is 6.08 Å². The lowest BCUT2D eigenvalue weighted by atomic mass is 9.91. The van der Waals surface area contributed by atoms with Crippen molar-refractivity contribution >= 4 is 5.78 Å². The largest absolute Gasteiger partial charge is 0.512 e. The fourth-order valence-corrected chi connectivity index (χ4v) is 1.72. The van der Waals surface area contributed by atoms with Gasteiger partial charge in [-0.2, -0.15) is 0 Å². The second kappa shape index (κ2) is 5.85. The van der Waals surface area contributed by atoms with Crippen LogP contribution in [0.25, 0.3) is 0 Å². The van der Waals surface area contributed by atoms with E-state index in [0.717, 1.165) is 12.8 Å². The van der Waals surface area contributed by atoms with Gasteiger partial charge in [0.05, 0.1) is 18.3 Å². The quantitative estimate of drug-likeness (QED) is 0.671. The fraction of sp³-hybridized carbons (Fsp3) is 0.615. The number of hydrogen-bond donors (Lipinski definition) is 2. The lowest BCUT2D eigenvalue weighted by molar-refractivity contribution is -0.118. The minimum Gasteiger partial charge on any atom is -0.512 e. The molecule has 0 aromatic heterocycles. The second-order valence-electron chi connectivity index (χ2n) is 4.60. The van der Waals surface area contributed by atoms with Crippen molar-refractivity contribution in [2.75, 3.05) is 6.61 Å². The van der Waals surface area contributed by atoms with Gasteiger partial charge in [-0.3, -0.25) is 4.79 Å². The first-order valence-corrected chi connectivity index (χ1v) is 5.78. The van der Waals surface area contributed by atoms with Gasteiger partial charge >= 0.3 is 0 Å². The smallest absolute Gasteiger partial charge is 0.168 e. The summed E-state index contributed by atoms with van der Waals surface area (Å²) >= 11 is 0. The Morgan fingerprint density at radius 3 is 2.62 bits per heavy atom. The van der Waals surface area contributed by atoms with Crippen molar-refractivity contribution in [1.82, 2.24) is 0 Å². The first-order valence-electron chi connectivity index (χ1n) is 5.78. The molecule has 1 rings (SSSR count). The molecule has 0 amide bonds. The Labute approximate surface area is 96.5 Å². The Morgan fingerprint density at radius 1 is 1.31 bits per heavy atom. The third-order valence-electron chi connectivity index (χ3n) is 3.08. The molecule has 3 nitrogen and oxygen atoms in total.